The second-order valence-corrected chi connectivity index (χ2v) is 4.82. The minimum Gasteiger partial charge on any atom is -0.466 e. The molecule has 0 aliphatic rings. The summed E-state index contributed by atoms with van der Waals surface area (Å²) in [5.74, 6) is -2.12. The van der Waals surface area contributed by atoms with Crippen molar-refractivity contribution in [2.75, 3.05) is 6.61 Å². The summed E-state index contributed by atoms with van der Waals surface area (Å²) in [7, 11) is 0. The molecular formula is C11H8F6INO3. The first kappa shape index (κ1) is 18.8. The number of nitrogens with zero attached hydrogens (tertiary/aromatic N) is 1. The molecule has 0 amide bonds. The minimum absolute atomic E-state index is 0.0357. The van der Waals surface area contributed by atoms with Crippen molar-refractivity contribution in [1.82, 2.24) is 4.98 Å². The van der Waals surface area contributed by atoms with Gasteiger partial charge in [0.2, 0.25) is 0 Å². The molecule has 1 aromatic rings. The van der Waals surface area contributed by atoms with Gasteiger partial charge >= 0.3 is 18.5 Å². The number of carbonyl (C=O) groups is 1. The van der Waals surface area contributed by atoms with E-state index in [9.17, 15) is 31.1 Å². The van der Waals surface area contributed by atoms with Crippen molar-refractivity contribution in [3.05, 3.63) is 21.0 Å². The zero-order valence-corrected chi connectivity index (χ0v) is 13.0. The van der Waals surface area contributed by atoms with Crippen LogP contribution in [0, 0.1) is 3.70 Å². The Morgan fingerprint density at radius 1 is 1.27 bits per heavy atom. The van der Waals surface area contributed by atoms with Crippen LogP contribution in [0.25, 0.3) is 0 Å². The van der Waals surface area contributed by atoms with E-state index in [-0.39, 0.29) is 12.7 Å². The number of hydrogen-bond acceptors (Lipinski definition) is 4. The van der Waals surface area contributed by atoms with Crippen LogP contribution < -0.4 is 4.74 Å². The number of halogens is 7. The van der Waals surface area contributed by atoms with Gasteiger partial charge in [-0.1, -0.05) is 0 Å². The molecule has 4 nitrogen and oxygen atoms in total. The van der Waals surface area contributed by atoms with Gasteiger partial charge in [-0.05, 0) is 35.6 Å². The highest BCUT2D eigenvalue weighted by Gasteiger charge is 2.38. The van der Waals surface area contributed by atoms with Gasteiger partial charge in [0.15, 0.2) is 5.75 Å². The lowest BCUT2D eigenvalue weighted by Gasteiger charge is -2.16. The Labute approximate surface area is 133 Å². The molecule has 0 atom stereocenters. The molecule has 0 saturated carbocycles. The quantitative estimate of drug-likeness (QED) is 0.308. The van der Waals surface area contributed by atoms with Gasteiger partial charge in [-0.3, -0.25) is 4.79 Å². The van der Waals surface area contributed by atoms with Crippen LogP contribution in [-0.2, 0) is 22.1 Å². The molecule has 0 aromatic carbocycles. The largest absolute Gasteiger partial charge is 0.573 e. The second-order valence-electron chi connectivity index (χ2n) is 3.80. The van der Waals surface area contributed by atoms with Gasteiger partial charge in [0.05, 0.1) is 24.3 Å². The first-order valence-corrected chi connectivity index (χ1v) is 6.70. The Morgan fingerprint density at radius 2 is 1.86 bits per heavy atom. The summed E-state index contributed by atoms with van der Waals surface area (Å²) in [4.78, 5) is 14.7. The van der Waals surface area contributed by atoms with Crippen molar-refractivity contribution in [3.8, 4) is 5.75 Å². The summed E-state index contributed by atoms with van der Waals surface area (Å²) in [6.45, 7) is 1.43. The number of alkyl halides is 6. The van der Waals surface area contributed by atoms with Gasteiger partial charge in [-0.15, -0.1) is 13.2 Å². The summed E-state index contributed by atoms with van der Waals surface area (Å²) in [6, 6.07) is 0.164. The Bertz CT molecular complexity index is 558. The SMILES string of the molecule is CCOC(=O)Cc1nc(I)c(C(F)(F)F)cc1OC(F)(F)F. The molecule has 124 valence electrons. The third-order valence-electron chi connectivity index (χ3n) is 2.16. The lowest BCUT2D eigenvalue weighted by atomic mass is 10.2. The third-order valence-corrected chi connectivity index (χ3v) is 2.99. The summed E-state index contributed by atoms with van der Waals surface area (Å²) in [5.41, 5.74) is -1.98. The molecular weight excluding hydrogens is 435 g/mol. The first-order valence-electron chi connectivity index (χ1n) is 5.62. The van der Waals surface area contributed by atoms with Gasteiger partial charge in [0.25, 0.3) is 0 Å². The van der Waals surface area contributed by atoms with Gasteiger partial charge in [0, 0.05) is 0 Å². The lowest BCUT2D eigenvalue weighted by molar-refractivity contribution is -0.275. The maximum absolute atomic E-state index is 12.7. The number of esters is 1. The fraction of sp³-hybridized carbons (Fsp3) is 0.455. The smallest absolute Gasteiger partial charge is 0.466 e. The van der Waals surface area contributed by atoms with Crippen molar-refractivity contribution in [2.45, 2.75) is 25.9 Å². The van der Waals surface area contributed by atoms with Crippen LogP contribution in [0.3, 0.4) is 0 Å². The van der Waals surface area contributed by atoms with Crippen molar-refractivity contribution >= 4 is 28.6 Å². The zero-order valence-electron chi connectivity index (χ0n) is 10.8. The van der Waals surface area contributed by atoms with Crippen LogP contribution in [0.2, 0.25) is 0 Å². The molecule has 0 unspecified atom stereocenters. The molecule has 0 aliphatic carbocycles. The van der Waals surface area contributed by atoms with E-state index in [0.29, 0.717) is 0 Å². The number of ether oxygens (including phenoxy) is 2. The molecule has 0 saturated heterocycles. The van der Waals surface area contributed by atoms with E-state index in [2.05, 4.69) is 14.5 Å². The lowest BCUT2D eigenvalue weighted by Crippen LogP contribution is -2.21. The van der Waals surface area contributed by atoms with Gasteiger partial charge in [0.1, 0.15) is 3.70 Å². The minimum atomic E-state index is -5.22. The Kier molecular flexibility index (Phi) is 5.87. The number of rotatable bonds is 4. The van der Waals surface area contributed by atoms with Crippen LogP contribution in [0.15, 0.2) is 6.07 Å². The highest BCUT2D eigenvalue weighted by Crippen LogP contribution is 2.37. The van der Waals surface area contributed by atoms with Gasteiger partial charge < -0.3 is 9.47 Å². The number of hydrogen-bond donors (Lipinski definition) is 0. The maximum atomic E-state index is 12.7. The Hall–Kier alpha value is -1.27. The summed E-state index contributed by atoms with van der Waals surface area (Å²) >= 11 is 1.21. The molecule has 1 heterocycles. The van der Waals surface area contributed by atoms with Gasteiger partial charge in [-0.25, -0.2) is 4.98 Å². The standard InChI is InChI=1S/C11H8F6INO3/c1-2-21-8(20)4-6-7(22-11(15,16)17)3-5(9(18)19-6)10(12,13)14/h3H,2,4H2,1H3. The third kappa shape index (κ3) is 5.50. The van der Waals surface area contributed by atoms with Crippen LogP contribution in [0.5, 0.6) is 5.75 Å². The summed E-state index contributed by atoms with van der Waals surface area (Å²) < 4.78 is 82.4. The molecule has 22 heavy (non-hydrogen) atoms. The van der Waals surface area contributed by atoms with E-state index in [4.69, 9.17) is 0 Å². The van der Waals surface area contributed by atoms with E-state index >= 15 is 0 Å². The normalized spacial score (nSPS) is 12.2. The van der Waals surface area contributed by atoms with E-state index < -0.39 is 45.6 Å². The summed E-state index contributed by atoms with van der Waals surface area (Å²) in [6.07, 6.45) is -10.9. The predicted molar refractivity (Wildman–Crippen MR) is 69.0 cm³/mol. The number of aromatic nitrogens is 1. The van der Waals surface area contributed by atoms with Crippen molar-refractivity contribution < 1.29 is 40.6 Å². The van der Waals surface area contributed by atoms with E-state index in [0.717, 1.165) is 0 Å². The first-order chi connectivity index (χ1) is 9.94. The van der Waals surface area contributed by atoms with Crippen LogP contribution in [0.1, 0.15) is 18.2 Å². The zero-order chi connectivity index (χ0) is 17.1. The van der Waals surface area contributed by atoms with E-state index in [1.165, 1.54) is 29.5 Å². The molecule has 0 aliphatic heterocycles. The van der Waals surface area contributed by atoms with E-state index in [1.54, 1.807) is 0 Å². The van der Waals surface area contributed by atoms with Crippen molar-refractivity contribution in [1.29, 1.82) is 0 Å². The number of pyridine rings is 1. The molecule has 0 spiro atoms. The molecule has 11 heteroatoms. The fourth-order valence-electron chi connectivity index (χ4n) is 1.39. The van der Waals surface area contributed by atoms with Gasteiger partial charge in [-0.2, -0.15) is 13.2 Å². The topological polar surface area (TPSA) is 48.4 Å². The maximum Gasteiger partial charge on any atom is 0.573 e. The van der Waals surface area contributed by atoms with E-state index in [1.807, 2.05) is 0 Å². The van der Waals surface area contributed by atoms with Crippen molar-refractivity contribution in [2.24, 2.45) is 0 Å². The molecule has 1 rings (SSSR count). The molecule has 1 aromatic heterocycles. The Balaban J connectivity index is 3.29. The Morgan fingerprint density at radius 3 is 2.32 bits per heavy atom. The fourth-order valence-corrected chi connectivity index (χ4v) is 2.15. The van der Waals surface area contributed by atoms with Crippen LogP contribution in [-0.4, -0.2) is 23.9 Å². The monoisotopic (exact) mass is 443 g/mol. The second kappa shape index (κ2) is 6.87. The predicted octanol–water partition coefficient (Wildman–Crippen LogP) is 3.71. The van der Waals surface area contributed by atoms with Crippen LogP contribution >= 0.6 is 22.6 Å². The highest BCUT2D eigenvalue weighted by molar-refractivity contribution is 14.1. The molecule has 0 bridgehead atoms. The molecule has 0 N–H and O–H groups in total. The van der Waals surface area contributed by atoms with Crippen LogP contribution in [0.4, 0.5) is 26.3 Å². The molecule has 0 radical (unpaired) electrons. The molecule has 0 fully saturated rings. The number of carbonyl (C=O) groups excluding carboxylic acids is 1. The average Bonchev–Trinajstić information content (AvgIpc) is 2.29. The average molecular weight is 443 g/mol. The highest BCUT2D eigenvalue weighted by atomic mass is 127. The van der Waals surface area contributed by atoms with Crippen molar-refractivity contribution in [3.63, 3.8) is 0 Å². The summed E-state index contributed by atoms with van der Waals surface area (Å²) in [5, 5.41) is 0.